The van der Waals surface area contributed by atoms with Gasteiger partial charge in [0.2, 0.25) is 0 Å². The summed E-state index contributed by atoms with van der Waals surface area (Å²) in [6.45, 7) is 2.06. The third-order valence-electron chi connectivity index (χ3n) is 5.77. The number of nitrogens with zero attached hydrogens (tertiary/aromatic N) is 3. The molecule has 0 radical (unpaired) electrons. The Labute approximate surface area is 236 Å². The molecule has 3 heterocycles. The predicted molar refractivity (Wildman–Crippen MR) is 156 cm³/mol. The van der Waals surface area contributed by atoms with Gasteiger partial charge in [-0.05, 0) is 42.0 Å². The Morgan fingerprint density at radius 3 is 2.71 bits per heavy atom. The molecule has 0 bridgehead atoms. The minimum absolute atomic E-state index is 0. The zero-order valence-corrected chi connectivity index (χ0v) is 23.3. The fourth-order valence-corrected chi connectivity index (χ4v) is 6.26. The van der Waals surface area contributed by atoms with Crippen LogP contribution in [0.3, 0.4) is 0 Å². The van der Waals surface area contributed by atoms with E-state index in [0.29, 0.717) is 53.3 Å². The monoisotopic (exact) mass is 594 g/mol. The van der Waals surface area contributed by atoms with Gasteiger partial charge < -0.3 is 10.1 Å². The number of benzene rings is 2. The number of aromatic nitrogens is 2. The Hall–Kier alpha value is -2.62. The highest BCUT2D eigenvalue weighted by Gasteiger charge is 2.21. The van der Waals surface area contributed by atoms with Crippen LogP contribution in [-0.2, 0) is 6.61 Å². The Morgan fingerprint density at radius 1 is 1.13 bits per heavy atom. The molecule has 1 fully saturated rings. The second-order valence-corrected chi connectivity index (χ2v) is 12.4. The number of rotatable bonds is 6. The smallest absolute Gasteiger partial charge is 0.151 e. The average molecular weight is 596 g/mol. The van der Waals surface area contributed by atoms with Crippen LogP contribution in [-0.4, -0.2) is 55.1 Å². The predicted octanol–water partition coefficient (Wildman–Crippen LogP) is 6.65. The first kappa shape index (κ1) is 28.4. The Morgan fingerprint density at radius 2 is 1.95 bits per heavy atom. The van der Waals surface area contributed by atoms with E-state index in [4.69, 9.17) is 16.3 Å². The molecule has 2 aromatic heterocycles. The van der Waals surface area contributed by atoms with Crippen molar-refractivity contribution in [3.63, 3.8) is 0 Å². The van der Waals surface area contributed by atoms with Crippen molar-refractivity contribution in [2.75, 3.05) is 36.5 Å². The molecule has 3 N–H and O–H groups in total. The quantitative estimate of drug-likeness (QED) is 0.215. The summed E-state index contributed by atoms with van der Waals surface area (Å²) < 4.78 is 39.5. The lowest BCUT2D eigenvalue weighted by molar-refractivity contribution is 0.306. The first-order valence-electron chi connectivity index (χ1n) is 11.5. The van der Waals surface area contributed by atoms with E-state index in [1.54, 1.807) is 24.3 Å². The lowest BCUT2D eigenvalue weighted by atomic mass is 10.2. The Balaban J connectivity index is 0.00000336. The number of halogens is 3. The van der Waals surface area contributed by atoms with Gasteiger partial charge in [0.1, 0.15) is 24.5 Å². The van der Waals surface area contributed by atoms with Crippen molar-refractivity contribution in [2.24, 2.45) is 0 Å². The highest BCUT2D eigenvalue weighted by Crippen LogP contribution is 2.40. The van der Waals surface area contributed by atoms with Crippen LogP contribution in [0.25, 0.3) is 10.2 Å². The molecule has 0 unspecified atom stereocenters. The summed E-state index contributed by atoms with van der Waals surface area (Å²) in [6.07, 6.45) is 1.50. The fourth-order valence-electron chi connectivity index (χ4n) is 3.79. The van der Waals surface area contributed by atoms with Gasteiger partial charge >= 0.3 is 0 Å². The van der Waals surface area contributed by atoms with Gasteiger partial charge in [0.05, 0.1) is 38.2 Å². The van der Waals surface area contributed by atoms with E-state index in [1.165, 1.54) is 29.8 Å². The maximum absolute atomic E-state index is 13.4. The van der Waals surface area contributed by atoms with Crippen LogP contribution in [0.4, 0.5) is 15.9 Å². The molecule has 1 aliphatic heterocycles. The van der Waals surface area contributed by atoms with Crippen LogP contribution >= 0.6 is 45.9 Å². The van der Waals surface area contributed by atoms with E-state index in [-0.39, 0.29) is 24.8 Å². The zero-order valence-electron chi connectivity index (χ0n) is 20.1. The van der Waals surface area contributed by atoms with E-state index in [2.05, 4.69) is 32.0 Å². The fraction of sp³-hybridized carbons (Fsp3) is 0.231. The highest BCUT2D eigenvalue weighted by molar-refractivity contribution is 8.24. The number of fused-ring (bicyclic) bond motifs is 1. The SMILES string of the molecule is Cl.OS1(O)CCN(CC#Cc2cc3ncnc(Nc4ccc(OCc5cccc(F)c5)c(Cl)c4)c3s2)CC1. The minimum Gasteiger partial charge on any atom is -0.487 e. The zero-order chi connectivity index (χ0) is 25.8. The highest BCUT2D eigenvalue weighted by atomic mass is 35.5. The molecule has 7 nitrogen and oxygen atoms in total. The first-order chi connectivity index (χ1) is 17.8. The molecule has 0 spiro atoms. The van der Waals surface area contributed by atoms with Crippen molar-refractivity contribution in [2.45, 2.75) is 6.61 Å². The second kappa shape index (κ2) is 12.5. The number of thiophene rings is 1. The van der Waals surface area contributed by atoms with Crippen LogP contribution in [0.5, 0.6) is 5.75 Å². The molecule has 2 aromatic carbocycles. The lowest BCUT2D eigenvalue weighted by Crippen LogP contribution is -2.38. The first-order valence-corrected chi connectivity index (χ1v) is 14.6. The van der Waals surface area contributed by atoms with Gasteiger partial charge in [0, 0.05) is 18.8 Å². The van der Waals surface area contributed by atoms with Gasteiger partial charge in [-0.2, -0.15) is 10.6 Å². The Bertz CT molecular complexity index is 1480. The van der Waals surface area contributed by atoms with Gasteiger partial charge in [0.15, 0.2) is 5.82 Å². The van der Waals surface area contributed by atoms with Gasteiger partial charge in [-0.1, -0.05) is 35.6 Å². The van der Waals surface area contributed by atoms with Gasteiger partial charge in [-0.3, -0.25) is 14.0 Å². The maximum Gasteiger partial charge on any atom is 0.151 e. The summed E-state index contributed by atoms with van der Waals surface area (Å²) in [5.41, 5.74) is 2.24. The number of hydrogen-bond donors (Lipinski definition) is 3. The van der Waals surface area contributed by atoms with Gasteiger partial charge in [0.25, 0.3) is 0 Å². The number of anilines is 2. The van der Waals surface area contributed by atoms with Gasteiger partial charge in [-0.25, -0.2) is 14.4 Å². The van der Waals surface area contributed by atoms with Crippen molar-refractivity contribution in [1.29, 1.82) is 0 Å². The lowest BCUT2D eigenvalue weighted by Gasteiger charge is -2.40. The van der Waals surface area contributed by atoms with E-state index < -0.39 is 10.6 Å². The molecule has 12 heteroatoms. The van der Waals surface area contributed by atoms with Crippen LogP contribution in [0.1, 0.15) is 10.4 Å². The van der Waals surface area contributed by atoms with Crippen LogP contribution in [0.15, 0.2) is 54.9 Å². The molecule has 0 aliphatic carbocycles. The summed E-state index contributed by atoms with van der Waals surface area (Å²) in [5.74, 6) is 8.03. The summed E-state index contributed by atoms with van der Waals surface area (Å²) in [7, 11) is -2.40. The maximum atomic E-state index is 13.4. The van der Waals surface area contributed by atoms with E-state index in [9.17, 15) is 13.5 Å². The summed E-state index contributed by atoms with van der Waals surface area (Å²) in [4.78, 5) is 11.8. The molecule has 1 aliphatic rings. The molecule has 5 rings (SSSR count). The molecule has 0 saturated carbocycles. The molecule has 0 atom stereocenters. The molecular formula is C26H25Cl2FN4O3S2. The normalized spacial score (nSPS) is 15.7. The third-order valence-corrected chi connectivity index (χ3v) is 8.79. The van der Waals surface area contributed by atoms with Crippen molar-refractivity contribution in [1.82, 2.24) is 14.9 Å². The molecule has 0 amide bonds. The van der Waals surface area contributed by atoms with Crippen LogP contribution in [0.2, 0.25) is 5.02 Å². The largest absolute Gasteiger partial charge is 0.487 e. The second-order valence-electron chi connectivity index (χ2n) is 8.52. The van der Waals surface area contributed by atoms with E-state index in [1.807, 2.05) is 12.1 Å². The third kappa shape index (κ3) is 7.27. The number of ether oxygens (including phenoxy) is 1. The van der Waals surface area contributed by atoms with E-state index in [0.717, 1.165) is 20.8 Å². The van der Waals surface area contributed by atoms with Crippen molar-refractivity contribution in [3.05, 3.63) is 76.1 Å². The van der Waals surface area contributed by atoms with Crippen LogP contribution < -0.4 is 10.1 Å². The molecule has 4 aromatic rings. The summed E-state index contributed by atoms with van der Waals surface area (Å²) in [5, 5.41) is 3.71. The number of nitrogens with one attached hydrogen (secondary N) is 1. The molecule has 1 saturated heterocycles. The Kier molecular flexibility index (Phi) is 9.33. The van der Waals surface area contributed by atoms with Crippen molar-refractivity contribution < 1.29 is 18.2 Å². The molecule has 200 valence electrons. The summed E-state index contributed by atoms with van der Waals surface area (Å²) >= 11 is 7.93. The topological polar surface area (TPSA) is 90.7 Å². The van der Waals surface area contributed by atoms with E-state index >= 15 is 0 Å². The number of hydrogen-bond acceptors (Lipinski definition) is 8. The molecular weight excluding hydrogens is 570 g/mol. The standard InChI is InChI=1S/C26H24ClFN4O3S2.ClH/c27-22-14-20(6-7-24(22)35-16-18-3-1-4-19(28)13-18)31-26-25-23(29-17-30-26)15-21(36-25)5-2-8-32-9-11-37(33,34)12-10-32;/h1,3-4,6-7,13-15,17,33-34H,8-12,16H2,(H,29,30,31);1H. The van der Waals surface area contributed by atoms with Crippen molar-refractivity contribution in [3.8, 4) is 17.6 Å². The van der Waals surface area contributed by atoms with Gasteiger partial charge in [-0.15, -0.1) is 23.7 Å². The van der Waals surface area contributed by atoms with Crippen LogP contribution in [0, 0.1) is 17.7 Å². The van der Waals surface area contributed by atoms with Crippen molar-refractivity contribution >= 4 is 67.7 Å². The average Bonchev–Trinajstić information content (AvgIpc) is 3.29. The minimum atomic E-state index is -2.40. The molecule has 38 heavy (non-hydrogen) atoms. The summed E-state index contributed by atoms with van der Waals surface area (Å²) in [6, 6.07) is 13.5.